The van der Waals surface area contributed by atoms with E-state index in [-0.39, 0.29) is 0 Å². The lowest BCUT2D eigenvalue weighted by atomic mass is 10.2. The number of nitrogens with zero attached hydrogens (tertiary/aromatic N) is 3. The van der Waals surface area contributed by atoms with Gasteiger partial charge in [-0.05, 0) is 36.8 Å². The van der Waals surface area contributed by atoms with Gasteiger partial charge in [0.2, 0.25) is 5.82 Å². The third kappa shape index (κ3) is 4.46. The monoisotopic (exact) mass is 391 g/mol. The molecule has 2 aromatic heterocycles. The fraction of sp³-hybridized carbons (Fsp3) is 0.182. The average molecular weight is 391 g/mol. The summed E-state index contributed by atoms with van der Waals surface area (Å²) in [5.41, 5.74) is 2.41. The molecule has 2 aromatic carbocycles. The third-order valence-corrected chi connectivity index (χ3v) is 5.18. The van der Waals surface area contributed by atoms with Crippen molar-refractivity contribution in [1.82, 2.24) is 14.8 Å². The Balaban J connectivity index is 1.46. The predicted molar refractivity (Wildman–Crippen MR) is 111 cm³/mol. The van der Waals surface area contributed by atoms with Crippen LogP contribution in [0.4, 0.5) is 0 Å². The average Bonchev–Trinajstić information content (AvgIpc) is 3.38. The number of hydrogen-bond donors (Lipinski definition) is 0. The van der Waals surface area contributed by atoms with E-state index in [1.165, 1.54) is 11.1 Å². The van der Waals surface area contributed by atoms with E-state index < -0.39 is 0 Å². The maximum absolute atomic E-state index is 5.82. The van der Waals surface area contributed by atoms with Gasteiger partial charge < -0.3 is 9.15 Å². The second-order valence-electron chi connectivity index (χ2n) is 6.37. The molecule has 0 aliphatic carbocycles. The van der Waals surface area contributed by atoms with Crippen molar-refractivity contribution in [3.05, 3.63) is 84.1 Å². The second kappa shape index (κ2) is 8.80. The topological polar surface area (TPSA) is 53.1 Å². The highest BCUT2D eigenvalue weighted by Crippen LogP contribution is 2.25. The van der Waals surface area contributed by atoms with Crippen molar-refractivity contribution >= 4 is 11.8 Å². The van der Waals surface area contributed by atoms with Crippen molar-refractivity contribution in [2.75, 3.05) is 12.4 Å². The van der Waals surface area contributed by atoms with Gasteiger partial charge >= 0.3 is 0 Å². The summed E-state index contributed by atoms with van der Waals surface area (Å²) in [5, 5.41) is 9.59. The molecule has 28 heavy (non-hydrogen) atoms. The fourth-order valence-electron chi connectivity index (χ4n) is 2.82. The van der Waals surface area contributed by atoms with Crippen molar-refractivity contribution in [2.24, 2.45) is 0 Å². The van der Waals surface area contributed by atoms with Gasteiger partial charge in [0.05, 0.1) is 19.4 Å². The molecule has 0 amide bonds. The zero-order valence-corrected chi connectivity index (χ0v) is 16.4. The Morgan fingerprint density at radius 2 is 1.79 bits per heavy atom. The maximum Gasteiger partial charge on any atom is 0.200 e. The van der Waals surface area contributed by atoms with Gasteiger partial charge in [0.1, 0.15) is 5.75 Å². The highest BCUT2D eigenvalue weighted by atomic mass is 32.2. The molecular formula is C22H21N3O2S. The summed E-state index contributed by atoms with van der Waals surface area (Å²) in [4.78, 5) is 0. The summed E-state index contributed by atoms with van der Waals surface area (Å²) in [5.74, 6) is 3.11. The number of hydrogen-bond acceptors (Lipinski definition) is 5. The van der Waals surface area contributed by atoms with Crippen LogP contribution in [0.1, 0.15) is 11.1 Å². The van der Waals surface area contributed by atoms with Crippen molar-refractivity contribution in [2.45, 2.75) is 18.6 Å². The lowest BCUT2D eigenvalue weighted by Crippen LogP contribution is -2.06. The quantitative estimate of drug-likeness (QED) is 0.310. The highest BCUT2D eigenvalue weighted by molar-refractivity contribution is 7.99. The van der Waals surface area contributed by atoms with Crippen LogP contribution in [0, 0.1) is 6.92 Å². The van der Waals surface area contributed by atoms with E-state index in [1.54, 1.807) is 18.0 Å². The first-order valence-corrected chi connectivity index (χ1v) is 10.1. The first-order chi connectivity index (χ1) is 13.8. The first-order valence-electron chi connectivity index (χ1n) is 9.13. The predicted octanol–water partition coefficient (Wildman–Crippen LogP) is 5.07. The summed E-state index contributed by atoms with van der Waals surface area (Å²) < 4.78 is 13.5. The van der Waals surface area contributed by atoms with E-state index in [4.69, 9.17) is 9.15 Å². The summed E-state index contributed by atoms with van der Waals surface area (Å²) in [6.07, 6.45) is 1.65. The van der Waals surface area contributed by atoms with E-state index in [2.05, 4.69) is 46.0 Å². The number of ether oxygens (including phenoxy) is 1. The number of rotatable bonds is 8. The van der Waals surface area contributed by atoms with Crippen LogP contribution in [0.3, 0.4) is 0 Å². The minimum absolute atomic E-state index is 0.599. The van der Waals surface area contributed by atoms with E-state index in [1.807, 2.05) is 42.5 Å². The Morgan fingerprint density at radius 3 is 2.54 bits per heavy atom. The van der Waals surface area contributed by atoms with Gasteiger partial charge in [0.15, 0.2) is 10.9 Å². The van der Waals surface area contributed by atoms with Gasteiger partial charge in [-0.3, -0.25) is 4.57 Å². The molecule has 142 valence electrons. The summed E-state index contributed by atoms with van der Waals surface area (Å²) in [6, 6.07) is 22.1. The van der Waals surface area contributed by atoms with Crippen molar-refractivity contribution in [3.8, 4) is 17.3 Å². The normalized spacial score (nSPS) is 10.9. The fourth-order valence-corrected chi connectivity index (χ4v) is 3.57. The van der Waals surface area contributed by atoms with E-state index in [0.29, 0.717) is 18.9 Å². The molecular weight excluding hydrogens is 370 g/mol. The molecule has 0 fully saturated rings. The van der Waals surface area contributed by atoms with Crippen molar-refractivity contribution in [3.63, 3.8) is 0 Å². The Kier molecular flexibility index (Phi) is 5.77. The van der Waals surface area contributed by atoms with Crippen LogP contribution in [0.25, 0.3) is 11.6 Å². The minimum atomic E-state index is 0.599. The van der Waals surface area contributed by atoms with Crippen LogP contribution in [0.5, 0.6) is 5.75 Å². The molecule has 0 radical (unpaired) electrons. The van der Waals surface area contributed by atoms with Gasteiger partial charge in [-0.15, -0.1) is 10.2 Å². The molecule has 0 bridgehead atoms. The molecule has 0 saturated carbocycles. The molecule has 0 N–H and O–H groups in total. The van der Waals surface area contributed by atoms with Gasteiger partial charge in [-0.25, -0.2) is 0 Å². The first kappa shape index (κ1) is 18.4. The van der Waals surface area contributed by atoms with E-state index in [0.717, 1.165) is 22.5 Å². The highest BCUT2D eigenvalue weighted by Gasteiger charge is 2.16. The standard InChI is InChI=1S/C22H21N3O2S/c1-17-9-11-19(12-10-17)26-14-15-28-22-24-23-21(20-8-5-13-27-20)25(22)16-18-6-3-2-4-7-18/h2-13H,14-16H2,1H3. The van der Waals surface area contributed by atoms with Crippen LogP contribution in [-0.4, -0.2) is 27.1 Å². The molecule has 0 aliphatic heterocycles. The molecule has 0 unspecified atom stereocenters. The van der Waals surface area contributed by atoms with Crippen LogP contribution in [0.2, 0.25) is 0 Å². The third-order valence-electron chi connectivity index (χ3n) is 4.25. The van der Waals surface area contributed by atoms with Gasteiger partial charge in [-0.2, -0.15) is 0 Å². The van der Waals surface area contributed by atoms with Crippen LogP contribution < -0.4 is 4.74 Å². The number of thioether (sulfide) groups is 1. The van der Waals surface area contributed by atoms with Crippen molar-refractivity contribution in [1.29, 1.82) is 0 Å². The SMILES string of the molecule is Cc1ccc(OCCSc2nnc(-c3ccco3)n2Cc2ccccc2)cc1. The lowest BCUT2D eigenvalue weighted by molar-refractivity contribution is 0.343. The van der Waals surface area contributed by atoms with Gasteiger partial charge in [0, 0.05) is 5.75 Å². The number of aromatic nitrogens is 3. The van der Waals surface area contributed by atoms with Crippen LogP contribution in [-0.2, 0) is 6.54 Å². The zero-order chi connectivity index (χ0) is 19.2. The van der Waals surface area contributed by atoms with E-state index >= 15 is 0 Å². The second-order valence-corrected chi connectivity index (χ2v) is 7.43. The Bertz CT molecular complexity index is 996. The number of furan rings is 1. The Morgan fingerprint density at radius 1 is 0.964 bits per heavy atom. The summed E-state index contributed by atoms with van der Waals surface area (Å²) in [6.45, 7) is 3.35. The summed E-state index contributed by atoms with van der Waals surface area (Å²) in [7, 11) is 0. The largest absolute Gasteiger partial charge is 0.493 e. The molecule has 0 aliphatic rings. The molecule has 4 rings (SSSR count). The maximum atomic E-state index is 5.82. The smallest absolute Gasteiger partial charge is 0.200 e. The summed E-state index contributed by atoms with van der Waals surface area (Å²) >= 11 is 1.63. The molecule has 0 spiro atoms. The number of benzene rings is 2. The molecule has 6 heteroatoms. The zero-order valence-electron chi connectivity index (χ0n) is 15.6. The number of aryl methyl sites for hydroxylation is 1. The Labute approximate surface area is 168 Å². The molecule has 0 atom stereocenters. The van der Waals surface area contributed by atoms with Gasteiger partial charge in [-0.1, -0.05) is 59.8 Å². The molecule has 5 nitrogen and oxygen atoms in total. The van der Waals surface area contributed by atoms with Gasteiger partial charge in [0.25, 0.3) is 0 Å². The minimum Gasteiger partial charge on any atom is -0.493 e. The molecule has 4 aromatic rings. The lowest BCUT2D eigenvalue weighted by Gasteiger charge is -2.10. The van der Waals surface area contributed by atoms with E-state index in [9.17, 15) is 0 Å². The molecule has 0 saturated heterocycles. The van der Waals surface area contributed by atoms with Crippen LogP contribution >= 0.6 is 11.8 Å². The molecule has 2 heterocycles. The van der Waals surface area contributed by atoms with Crippen LogP contribution in [0.15, 0.2) is 82.6 Å². The van der Waals surface area contributed by atoms with Crippen molar-refractivity contribution < 1.29 is 9.15 Å². The Hall–Kier alpha value is -2.99.